The topological polar surface area (TPSA) is 38.1 Å². The van der Waals surface area contributed by atoms with Gasteiger partial charge < -0.3 is 4.90 Å². The number of aromatic nitrogens is 2. The van der Waals surface area contributed by atoms with E-state index >= 15 is 0 Å². The smallest absolute Gasteiger partial charge is 0.283 e. The van der Waals surface area contributed by atoms with Crippen molar-refractivity contribution in [3.05, 3.63) is 58.6 Å². The highest BCUT2D eigenvalue weighted by molar-refractivity contribution is 6.30. The quantitative estimate of drug-likeness (QED) is 0.738. The molecule has 1 saturated carbocycles. The molecule has 138 valence electrons. The predicted molar refractivity (Wildman–Crippen MR) is 92.7 cm³/mol. The minimum atomic E-state index is -3.04. The Morgan fingerprint density at radius 3 is 2.54 bits per heavy atom. The zero-order chi connectivity index (χ0) is 19.0. The maximum atomic E-state index is 14.3. The Labute approximate surface area is 153 Å². The summed E-state index contributed by atoms with van der Waals surface area (Å²) in [5, 5.41) is 4.01. The number of carbonyl (C=O) groups is 1. The molecule has 0 aliphatic heterocycles. The predicted octanol–water partition coefficient (Wildman–Crippen LogP) is 4.47. The Bertz CT molecular complexity index is 844. The van der Waals surface area contributed by atoms with Crippen LogP contribution in [0.2, 0.25) is 5.02 Å². The number of rotatable bonds is 6. The maximum absolute atomic E-state index is 14.3. The van der Waals surface area contributed by atoms with Gasteiger partial charge in [-0.25, -0.2) is 13.5 Å². The Hall–Kier alpha value is -2.28. The van der Waals surface area contributed by atoms with E-state index in [9.17, 15) is 18.0 Å². The lowest BCUT2D eigenvalue weighted by Crippen LogP contribution is -2.35. The van der Waals surface area contributed by atoms with E-state index in [1.54, 1.807) is 24.3 Å². The van der Waals surface area contributed by atoms with E-state index in [1.165, 1.54) is 11.9 Å². The van der Waals surface area contributed by atoms with E-state index in [2.05, 4.69) is 11.7 Å². The minimum Gasteiger partial charge on any atom is -0.331 e. The summed E-state index contributed by atoms with van der Waals surface area (Å²) in [7, 11) is 1.19. The van der Waals surface area contributed by atoms with E-state index in [0.717, 1.165) is 18.4 Å². The second-order valence-corrected chi connectivity index (χ2v) is 6.69. The number of alkyl halides is 2. The normalized spacial score (nSPS) is 13.9. The van der Waals surface area contributed by atoms with Gasteiger partial charge in [0.25, 0.3) is 12.3 Å². The SMILES string of the molecule is C=C(CN(C(=O)c1c(C(F)F)nn(C)c1F)C1CC1)c1ccc(Cl)cc1. The molecule has 0 spiro atoms. The van der Waals surface area contributed by atoms with Crippen LogP contribution in [0.25, 0.3) is 5.57 Å². The fraction of sp³-hybridized carbons (Fsp3) is 0.333. The summed E-state index contributed by atoms with van der Waals surface area (Å²) in [6, 6.07) is 6.80. The molecule has 0 unspecified atom stereocenters. The largest absolute Gasteiger partial charge is 0.331 e. The molecule has 0 radical (unpaired) electrons. The standard InChI is InChI=1S/C18H17ClF3N3O/c1-10(11-3-5-12(19)6-4-11)9-25(13-7-8-13)18(26)14-15(16(20)21)23-24(2)17(14)22/h3-6,13,16H,1,7-9H2,2H3. The van der Waals surface area contributed by atoms with Crippen molar-refractivity contribution in [2.75, 3.05) is 6.54 Å². The molecule has 0 N–H and O–H groups in total. The van der Waals surface area contributed by atoms with Crippen LogP contribution in [0.5, 0.6) is 0 Å². The van der Waals surface area contributed by atoms with Gasteiger partial charge in [-0.15, -0.1) is 0 Å². The summed E-state index contributed by atoms with van der Waals surface area (Å²) >= 11 is 5.86. The van der Waals surface area contributed by atoms with E-state index in [1.807, 2.05) is 0 Å². The highest BCUT2D eigenvalue weighted by Gasteiger charge is 2.38. The van der Waals surface area contributed by atoms with Crippen molar-refractivity contribution in [2.45, 2.75) is 25.3 Å². The zero-order valence-corrected chi connectivity index (χ0v) is 14.8. The fourth-order valence-electron chi connectivity index (χ4n) is 2.75. The van der Waals surface area contributed by atoms with Crippen molar-refractivity contribution < 1.29 is 18.0 Å². The summed E-state index contributed by atoms with van der Waals surface area (Å²) in [6.45, 7) is 4.08. The molecule has 0 saturated heterocycles. The van der Waals surface area contributed by atoms with Crippen LogP contribution < -0.4 is 0 Å². The van der Waals surface area contributed by atoms with Gasteiger partial charge in [0.2, 0.25) is 5.95 Å². The van der Waals surface area contributed by atoms with E-state index in [0.29, 0.717) is 15.3 Å². The summed E-state index contributed by atoms with van der Waals surface area (Å²) in [6.07, 6.45) is -1.55. The number of carbonyl (C=O) groups excluding carboxylic acids is 1. The lowest BCUT2D eigenvalue weighted by atomic mass is 10.1. The number of amides is 1. The molecular weight excluding hydrogens is 367 g/mol. The zero-order valence-electron chi connectivity index (χ0n) is 14.1. The highest BCUT2D eigenvalue weighted by atomic mass is 35.5. The molecule has 0 atom stereocenters. The number of halogens is 4. The highest BCUT2D eigenvalue weighted by Crippen LogP contribution is 2.33. The van der Waals surface area contributed by atoms with Crippen LogP contribution in [-0.2, 0) is 7.05 Å². The van der Waals surface area contributed by atoms with Crippen molar-refractivity contribution >= 4 is 23.1 Å². The number of benzene rings is 1. The molecule has 26 heavy (non-hydrogen) atoms. The Balaban J connectivity index is 1.88. The summed E-state index contributed by atoms with van der Waals surface area (Å²) in [4.78, 5) is 14.2. The third-order valence-corrected chi connectivity index (χ3v) is 4.54. The molecule has 0 bridgehead atoms. The third kappa shape index (κ3) is 3.62. The maximum Gasteiger partial charge on any atom is 0.283 e. The molecule has 1 fully saturated rings. The van der Waals surface area contributed by atoms with E-state index in [-0.39, 0.29) is 12.6 Å². The summed E-state index contributed by atoms with van der Waals surface area (Å²) < 4.78 is 41.3. The summed E-state index contributed by atoms with van der Waals surface area (Å²) in [5.74, 6) is -1.85. The molecule has 1 heterocycles. The van der Waals surface area contributed by atoms with Crippen LogP contribution in [0.15, 0.2) is 30.8 Å². The molecule has 8 heteroatoms. The molecule has 3 rings (SSSR count). The molecule has 2 aromatic rings. The van der Waals surface area contributed by atoms with Crippen molar-refractivity contribution in [3.8, 4) is 0 Å². The van der Waals surface area contributed by atoms with Gasteiger partial charge in [-0.1, -0.05) is 30.3 Å². The van der Waals surface area contributed by atoms with Gasteiger partial charge >= 0.3 is 0 Å². The summed E-state index contributed by atoms with van der Waals surface area (Å²) in [5.41, 5.74) is -0.116. The van der Waals surface area contributed by atoms with E-state index < -0.39 is 29.5 Å². The Kier molecular flexibility index (Phi) is 5.09. The number of hydrogen-bond donors (Lipinski definition) is 0. The first-order valence-corrected chi connectivity index (χ1v) is 8.42. The van der Waals surface area contributed by atoms with Gasteiger partial charge in [-0.3, -0.25) is 4.79 Å². The van der Waals surface area contributed by atoms with Crippen LogP contribution >= 0.6 is 11.6 Å². The van der Waals surface area contributed by atoms with Crippen LogP contribution in [0.4, 0.5) is 13.2 Å². The molecular formula is C18H17ClF3N3O. The van der Waals surface area contributed by atoms with Crippen LogP contribution in [-0.4, -0.2) is 33.2 Å². The monoisotopic (exact) mass is 383 g/mol. The number of hydrogen-bond acceptors (Lipinski definition) is 2. The van der Waals surface area contributed by atoms with Gasteiger partial charge in [0.05, 0.1) is 0 Å². The molecule has 1 aliphatic rings. The van der Waals surface area contributed by atoms with Crippen LogP contribution in [0, 0.1) is 5.95 Å². The molecule has 1 aromatic carbocycles. The van der Waals surface area contributed by atoms with Crippen molar-refractivity contribution in [1.82, 2.24) is 14.7 Å². The first kappa shape index (κ1) is 18.5. The lowest BCUT2D eigenvalue weighted by Gasteiger charge is -2.23. The van der Waals surface area contributed by atoms with Crippen LogP contribution in [0.3, 0.4) is 0 Å². The van der Waals surface area contributed by atoms with Gasteiger partial charge in [0.1, 0.15) is 11.3 Å². The molecule has 1 aliphatic carbocycles. The lowest BCUT2D eigenvalue weighted by molar-refractivity contribution is 0.0747. The molecule has 1 amide bonds. The first-order valence-electron chi connectivity index (χ1n) is 8.04. The van der Waals surface area contributed by atoms with Gasteiger partial charge in [0, 0.05) is 24.7 Å². The third-order valence-electron chi connectivity index (χ3n) is 4.29. The Morgan fingerprint density at radius 1 is 1.38 bits per heavy atom. The second-order valence-electron chi connectivity index (χ2n) is 6.25. The van der Waals surface area contributed by atoms with Crippen molar-refractivity contribution in [1.29, 1.82) is 0 Å². The van der Waals surface area contributed by atoms with Gasteiger partial charge in [-0.2, -0.15) is 9.49 Å². The van der Waals surface area contributed by atoms with Crippen molar-refractivity contribution in [2.24, 2.45) is 7.05 Å². The average Bonchev–Trinajstić information content (AvgIpc) is 3.39. The number of nitrogens with zero attached hydrogens (tertiary/aromatic N) is 3. The van der Waals surface area contributed by atoms with E-state index in [4.69, 9.17) is 11.6 Å². The fourth-order valence-corrected chi connectivity index (χ4v) is 2.88. The number of aryl methyl sites for hydroxylation is 1. The minimum absolute atomic E-state index is 0.113. The van der Waals surface area contributed by atoms with Gasteiger partial charge in [0.15, 0.2) is 0 Å². The molecule has 1 aromatic heterocycles. The first-order chi connectivity index (χ1) is 12.3. The Morgan fingerprint density at radius 2 is 2.00 bits per heavy atom. The average molecular weight is 384 g/mol. The second kappa shape index (κ2) is 7.15. The van der Waals surface area contributed by atoms with Crippen molar-refractivity contribution in [3.63, 3.8) is 0 Å². The van der Waals surface area contributed by atoms with Crippen LogP contribution in [0.1, 0.15) is 40.9 Å². The molecule has 4 nitrogen and oxygen atoms in total. The van der Waals surface area contributed by atoms with Gasteiger partial charge in [-0.05, 0) is 36.1 Å².